The summed E-state index contributed by atoms with van der Waals surface area (Å²) < 4.78 is 22.9. The first kappa shape index (κ1) is 21.4. The second kappa shape index (κ2) is 9.00. The lowest BCUT2D eigenvalue weighted by molar-refractivity contribution is -0.175. The van der Waals surface area contributed by atoms with Crippen molar-refractivity contribution in [3.63, 3.8) is 0 Å². The molecule has 0 spiro atoms. The highest BCUT2D eigenvalue weighted by molar-refractivity contribution is 7.80. The Kier molecular flexibility index (Phi) is 6.64. The molecular weight excluding hydrogens is 392 g/mol. The molecule has 2 heterocycles. The first-order valence-electron chi connectivity index (χ1n) is 9.77. The molecule has 1 aromatic carbocycles. The van der Waals surface area contributed by atoms with Gasteiger partial charge in [-0.25, -0.2) is 0 Å². The van der Waals surface area contributed by atoms with E-state index in [2.05, 4.69) is 11.9 Å². The molecule has 1 aromatic rings. The van der Waals surface area contributed by atoms with Gasteiger partial charge in [0.1, 0.15) is 12.5 Å². The highest BCUT2D eigenvalue weighted by atomic mass is 32.1. The zero-order valence-electron chi connectivity index (χ0n) is 17.1. The largest absolute Gasteiger partial charge is 0.490 e. The lowest BCUT2D eigenvalue weighted by Gasteiger charge is -2.55. The first-order valence-corrected chi connectivity index (χ1v) is 10.2. The van der Waals surface area contributed by atoms with Crippen LogP contribution in [0.15, 0.2) is 30.9 Å². The fraction of sp³-hybridized carbons (Fsp3) is 0.524. The van der Waals surface area contributed by atoms with Crippen LogP contribution in [0.2, 0.25) is 0 Å². The van der Waals surface area contributed by atoms with Gasteiger partial charge in [-0.15, -0.1) is 0 Å². The number of nitrogens with one attached hydrogen (secondary N) is 1. The van der Waals surface area contributed by atoms with E-state index in [0.29, 0.717) is 36.4 Å². The Morgan fingerprint density at radius 2 is 2.28 bits per heavy atom. The molecule has 0 aromatic heterocycles. The average Bonchev–Trinajstić information content (AvgIpc) is 2.69. The molecule has 2 aliphatic rings. The lowest BCUT2D eigenvalue weighted by Crippen LogP contribution is -2.71. The fourth-order valence-corrected chi connectivity index (χ4v) is 4.39. The Labute approximate surface area is 176 Å². The third-order valence-corrected chi connectivity index (χ3v) is 5.59. The Morgan fingerprint density at radius 3 is 2.97 bits per heavy atom. The van der Waals surface area contributed by atoms with E-state index in [0.717, 1.165) is 12.0 Å². The lowest BCUT2D eigenvalue weighted by atomic mass is 9.79. The Morgan fingerprint density at radius 1 is 1.48 bits per heavy atom. The summed E-state index contributed by atoms with van der Waals surface area (Å²) >= 11 is 5.64. The van der Waals surface area contributed by atoms with Crippen LogP contribution in [0.4, 0.5) is 0 Å². The number of rotatable bonds is 9. The molecule has 7 nitrogen and oxygen atoms in total. The minimum atomic E-state index is -1.03. The zero-order chi connectivity index (χ0) is 21.0. The molecule has 0 aliphatic carbocycles. The van der Waals surface area contributed by atoms with E-state index < -0.39 is 11.6 Å². The number of benzene rings is 1. The zero-order valence-corrected chi connectivity index (χ0v) is 17.9. The number of methoxy groups -OCH3 is 1. The first-order chi connectivity index (χ1) is 14.0. The molecular formula is C21H28N2O5S. The van der Waals surface area contributed by atoms with Crippen molar-refractivity contribution in [1.82, 2.24) is 10.2 Å². The van der Waals surface area contributed by atoms with Crippen LogP contribution in [-0.2, 0) is 14.3 Å². The van der Waals surface area contributed by atoms with E-state index in [1.54, 1.807) is 13.2 Å². The number of hydrogen-bond donors (Lipinski definition) is 1. The molecule has 0 unspecified atom stereocenters. The van der Waals surface area contributed by atoms with Gasteiger partial charge >= 0.3 is 5.97 Å². The van der Waals surface area contributed by atoms with Gasteiger partial charge in [0.05, 0.1) is 12.6 Å². The minimum Gasteiger partial charge on any atom is -0.490 e. The molecule has 0 amide bonds. The monoisotopic (exact) mass is 420 g/mol. The number of esters is 1. The van der Waals surface area contributed by atoms with Crippen LogP contribution in [0.25, 0.3) is 0 Å². The van der Waals surface area contributed by atoms with Crippen molar-refractivity contribution in [2.24, 2.45) is 5.92 Å². The maximum absolute atomic E-state index is 13.1. The minimum absolute atomic E-state index is 0.137. The Balaban J connectivity index is 2.06. The van der Waals surface area contributed by atoms with Crippen molar-refractivity contribution in [2.75, 3.05) is 33.5 Å². The topological polar surface area (TPSA) is 69.3 Å². The molecule has 0 radical (unpaired) electrons. The van der Waals surface area contributed by atoms with Crippen LogP contribution in [0.1, 0.15) is 31.9 Å². The van der Waals surface area contributed by atoms with Gasteiger partial charge in [-0.2, -0.15) is 0 Å². The van der Waals surface area contributed by atoms with Crippen molar-refractivity contribution in [1.29, 1.82) is 0 Å². The van der Waals surface area contributed by atoms with Gasteiger partial charge in [-0.3, -0.25) is 4.79 Å². The SMILES string of the molecule is C=CCOC(=O)[C@@H]1[C@H]2NC(=S)N(CCCOC)[C@@]1(C)Oc1c(OCC)cccc12. The van der Waals surface area contributed by atoms with Gasteiger partial charge in [0, 0.05) is 25.8 Å². The normalized spacial score (nSPS) is 24.8. The molecule has 1 fully saturated rings. The van der Waals surface area contributed by atoms with Crippen molar-refractivity contribution >= 4 is 23.3 Å². The molecule has 1 saturated heterocycles. The number of fused-ring (bicyclic) bond motifs is 4. The van der Waals surface area contributed by atoms with Crippen molar-refractivity contribution in [2.45, 2.75) is 32.0 Å². The summed E-state index contributed by atoms with van der Waals surface area (Å²) in [5, 5.41) is 3.87. The third kappa shape index (κ3) is 3.91. The van der Waals surface area contributed by atoms with Crippen molar-refractivity contribution in [3.8, 4) is 11.5 Å². The maximum atomic E-state index is 13.1. The number of carbonyl (C=O) groups excluding carboxylic acids is 1. The van der Waals surface area contributed by atoms with E-state index in [4.69, 9.17) is 31.2 Å². The van der Waals surface area contributed by atoms with Crippen molar-refractivity contribution in [3.05, 3.63) is 36.4 Å². The molecule has 2 bridgehead atoms. The number of nitrogens with zero attached hydrogens (tertiary/aromatic N) is 1. The molecule has 1 N–H and O–H groups in total. The van der Waals surface area contributed by atoms with Crippen LogP contribution in [-0.4, -0.2) is 55.2 Å². The number of para-hydroxylation sites is 1. The van der Waals surface area contributed by atoms with Crippen LogP contribution in [0, 0.1) is 5.92 Å². The van der Waals surface area contributed by atoms with Crippen LogP contribution < -0.4 is 14.8 Å². The van der Waals surface area contributed by atoms with Crippen LogP contribution in [0.5, 0.6) is 11.5 Å². The molecule has 29 heavy (non-hydrogen) atoms. The van der Waals surface area contributed by atoms with Crippen LogP contribution in [0.3, 0.4) is 0 Å². The van der Waals surface area contributed by atoms with Crippen molar-refractivity contribution < 1.29 is 23.7 Å². The summed E-state index contributed by atoms with van der Waals surface area (Å²) in [5.74, 6) is 0.282. The second-order valence-corrected chi connectivity index (χ2v) is 7.47. The molecule has 3 rings (SSSR count). The van der Waals surface area contributed by atoms with Gasteiger partial charge in [0.25, 0.3) is 0 Å². The molecule has 2 aliphatic heterocycles. The maximum Gasteiger partial charge on any atom is 0.317 e. The predicted molar refractivity (Wildman–Crippen MR) is 113 cm³/mol. The van der Waals surface area contributed by atoms with E-state index in [1.165, 1.54) is 0 Å². The summed E-state index contributed by atoms with van der Waals surface area (Å²) in [6.45, 7) is 9.22. The molecule has 158 valence electrons. The fourth-order valence-electron chi connectivity index (χ4n) is 3.99. The van der Waals surface area contributed by atoms with Gasteiger partial charge in [-0.05, 0) is 38.6 Å². The summed E-state index contributed by atoms with van der Waals surface area (Å²) in [6.07, 6.45) is 2.28. The number of thiocarbonyl (C=S) groups is 1. The molecule has 8 heteroatoms. The predicted octanol–water partition coefficient (Wildman–Crippen LogP) is 2.81. The van der Waals surface area contributed by atoms with Crippen LogP contribution >= 0.6 is 12.2 Å². The van der Waals surface area contributed by atoms with Gasteiger partial charge in [0.2, 0.25) is 0 Å². The van der Waals surface area contributed by atoms with Gasteiger partial charge in [0.15, 0.2) is 22.3 Å². The molecule has 0 saturated carbocycles. The smallest absolute Gasteiger partial charge is 0.317 e. The van der Waals surface area contributed by atoms with E-state index in [-0.39, 0.29) is 18.6 Å². The Bertz CT molecular complexity index is 786. The van der Waals surface area contributed by atoms with E-state index in [9.17, 15) is 4.79 Å². The summed E-state index contributed by atoms with van der Waals surface area (Å²) in [5.41, 5.74) is -0.202. The second-order valence-electron chi connectivity index (χ2n) is 7.09. The summed E-state index contributed by atoms with van der Waals surface area (Å²) in [4.78, 5) is 15.0. The number of ether oxygens (including phenoxy) is 4. The third-order valence-electron chi connectivity index (χ3n) is 5.25. The number of hydrogen-bond acceptors (Lipinski definition) is 6. The van der Waals surface area contributed by atoms with E-state index in [1.807, 2.05) is 36.9 Å². The standard InChI is InChI=1S/C21H28N2O5S/c1-5-12-27-19(24)16-17-14-9-7-10-15(26-6-2)18(14)28-21(16,3)23(20(29)22-17)11-8-13-25-4/h5,7,9-10,16-17H,1,6,8,11-13H2,2-4H3,(H,22,29)/t16-,17-,21-/m0/s1. The molecule has 3 atom stereocenters. The van der Waals surface area contributed by atoms with Gasteiger partial charge < -0.3 is 29.2 Å². The Hall–Kier alpha value is -2.32. The average molecular weight is 421 g/mol. The quantitative estimate of drug-likeness (QED) is 0.283. The summed E-state index contributed by atoms with van der Waals surface area (Å²) in [7, 11) is 1.65. The highest BCUT2D eigenvalue weighted by Crippen LogP contribution is 2.51. The number of carbonyl (C=O) groups is 1. The summed E-state index contributed by atoms with van der Waals surface area (Å²) in [6, 6.07) is 5.29. The van der Waals surface area contributed by atoms with E-state index >= 15 is 0 Å². The van der Waals surface area contributed by atoms with Gasteiger partial charge in [-0.1, -0.05) is 24.8 Å². The highest BCUT2D eigenvalue weighted by Gasteiger charge is 2.59.